The lowest BCUT2D eigenvalue weighted by molar-refractivity contribution is 0.469. The maximum Gasteiger partial charge on any atom is 0.125 e. The predicted octanol–water partition coefficient (Wildman–Crippen LogP) is 8.96. The fraction of sp³-hybridized carbons (Fsp3) is 0. The number of phenolic OH excluding ortho intramolecular Hbond substituents is 2. The summed E-state index contributed by atoms with van der Waals surface area (Å²) >= 11 is 0. The number of benzene rings is 6. The third-order valence-corrected chi connectivity index (χ3v) is 7.93. The van der Waals surface area contributed by atoms with Gasteiger partial charge in [-0.05, 0) is 48.5 Å². The van der Waals surface area contributed by atoms with Crippen molar-refractivity contribution in [1.82, 2.24) is 9.13 Å². The van der Waals surface area contributed by atoms with Gasteiger partial charge in [-0.1, -0.05) is 84.9 Å². The molecule has 0 aliphatic rings. The Morgan fingerprint density at radius 3 is 0.950 bits per heavy atom. The summed E-state index contributed by atoms with van der Waals surface area (Å²) in [7, 11) is 0. The molecular formula is C36H24N2O2. The van der Waals surface area contributed by atoms with Crippen molar-refractivity contribution in [3.8, 4) is 34.0 Å². The summed E-state index contributed by atoms with van der Waals surface area (Å²) in [5.74, 6) is 0.200. The van der Waals surface area contributed by atoms with Crippen LogP contribution < -0.4 is 0 Å². The van der Waals surface area contributed by atoms with Crippen LogP contribution in [0.15, 0.2) is 133 Å². The molecule has 4 heteroatoms. The average Bonchev–Trinajstić information content (AvgIpc) is 3.50. The number of aromatic nitrogens is 2. The van der Waals surface area contributed by atoms with Crippen molar-refractivity contribution < 1.29 is 10.2 Å². The molecule has 0 atom stereocenters. The van der Waals surface area contributed by atoms with Gasteiger partial charge in [0.05, 0.1) is 44.6 Å². The lowest BCUT2D eigenvalue weighted by Gasteiger charge is -2.20. The van der Waals surface area contributed by atoms with E-state index in [0.717, 1.165) is 55.0 Å². The molecule has 0 spiro atoms. The molecular weight excluding hydrogens is 492 g/mol. The molecule has 0 amide bonds. The molecule has 0 saturated carbocycles. The molecule has 6 aromatic carbocycles. The zero-order valence-corrected chi connectivity index (χ0v) is 21.5. The van der Waals surface area contributed by atoms with Crippen LogP contribution in [0, 0.1) is 0 Å². The minimum atomic E-state index is 0.0999. The number of nitrogens with zero attached hydrogens (tertiary/aromatic N) is 2. The van der Waals surface area contributed by atoms with Crippen molar-refractivity contribution in [2.45, 2.75) is 0 Å². The first-order chi connectivity index (χ1) is 19.7. The quantitative estimate of drug-likeness (QED) is 0.246. The van der Waals surface area contributed by atoms with Crippen LogP contribution >= 0.6 is 0 Å². The van der Waals surface area contributed by atoms with E-state index in [4.69, 9.17) is 0 Å². The van der Waals surface area contributed by atoms with Crippen LogP contribution in [-0.4, -0.2) is 19.3 Å². The Hall–Kier alpha value is -5.48. The Balaban J connectivity index is 1.52. The monoisotopic (exact) mass is 516 g/mol. The van der Waals surface area contributed by atoms with E-state index in [9.17, 15) is 10.2 Å². The molecule has 0 radical (unpaired) electrons. The molecule has 0 bridgehead atoms. The summed E-state index contributed by atoms with van der Waals surface area (Å²) in [5, 5.41) is 27.6. The van der Waals surface area contributed by atoms with Gasteiger partial charge in [-0.2, -0.15) is 0 Å². The van der Waals surface area contributed by atoms with E-state index in [1.165, 1.54) is 0 Å². The maximum atomic E-state index is 11.5. The molecule has 0 aliphatic heterocycles. The highest BCUT2D eigenvalue weighted by atomic mass is 16.3. The van der Waals surface area contributed by atoms with E-state index in [1.54, 1.807) is 12.1 Å². The maximum absolute atomic E-state index is 11.5. The van der Waals surface area contributed by atoms with Gasteiger partial charge in [0.15, 0.2) is 0 Å². The summed E-state index contributed by atoms with van der Waals surface area (Å²) in [5.41, 5.74) is 6.86. The zero-order valence-electron chi connectivity index (χ0n) is 21.5. The number of para-hydroxylation sites is 4. The van der Waals surface area contributed by atoms with Crippen molar-refractivity contribution in [3.63, 3.8) is 0 Å². The highest BCUT2D eigenvalue weighted by molar-refractivity contribution is 6.11. The van der Waals surface area contributed by atoms with E-state index in [0.29, 0.717) is 11.1 Å². The van der Waals surface area contributed by atoms with Crippen LogP contribution in [-0.2, 0) is 0 Å². The second kappa shape index (κ2) is 8.52. The summed E-state index contributed by atoms with van der Waals surface area (Å²) in [6.07, 6.45) is 0. The van der Waals surface area contributed by atoms with E-state index >= 15 is 0 Å². The van der Waals surface area contributed by atoms with E-state index in [2.05, 4.69) is 57.7 Å². The van der Waals surface area contributed by atoms with Gasteiger partial charge in [-0.3, -0.25) is 0 Å². The Labute approximate surface area is 230 Å². The molecule has 2 aromatic heterocycles. The second-order valence-electron chi connectivity index (χ2n) is 10.1. The smallest absolute Gasteiger partial charge is 0.125 e. The molecule has 8 rings (SSSR count). The van der Waals surface area contributed by atoms with Crippen molar-refractivity contribution in [2.75, 3.05) is 0 Å². The van der Waals surface area contributed by atoms with Crippen LogP contribution in [0.25, 0.3) is 66.1 Å². The molecule has 4 nitrogen and oxygen atoms in total. The highest BCUT2D eigenvalue weighted by Gasteiger charge is 2.24. The third kappa shape index (κ3) is 3.07. The predicted molar refractivity (Wildman–Crippen MR) is 164 cm³/mol. The molecule has 2 N–H and O–H groups in total. The first-order valence-corrected chi connectivity index (χ1v) is 13.3. The highest BCUT2D eigenvalue weighted by Crippen LogP contribution is 2.47. The lowest BCUT2D eigenvalue weighted by Crippen LogP contribution is -2.02. The number of hydrogen-bond donors (Lipinski definition) is 2. The van der Waals surface area contributed by atoms with Gasteiger partial charge in [0.25, 0.3) is 0 Å². The molecule has 0 fully saturated rings. The molecule has 190 valence electrons. The zero-order chi connectivity index (χ0) is 26.8. The Bertz CT molecular complexity index is 1990. The van der Waals surface area contributed by atoms with Crippen LogP contribution in [0.5, 0.6) is 11.5 Å². The molecule has 40 heavy (non-hydrogen) atoms. The van der Waals surface area contributed by atoms with Gasteiger partial charge < -0.3 is 19.3 Å². The summed E-state index contributed by atoms with van der Waals surface area (Å²) in [6.45, 7) is 0. The van der Waals surface area contributed by atoms with Crippen LogP contribution in [0.1, 0.15) is 0 Å². The van der Waals surface area contributed by atoms with Crippen molar-refractivity contribution in [2.24, 2.45) is 0 Å². The second-order valence-corrected chi connectivity index (χ2v) is 10.1. The third-order valence-electron chi connectivity index (χ3n) is 7.93. The summed E-state index contributed by atoms with van der Waals surface area (Å²) in [6, 6.07) is 44.3. The SMILES string of the molecule is Oc1cccc(-n2c3ccccc3c3ccccc32)c1-c1c(O)cccc1-n1c2ccccc2c2ccccc21. The topological polar surface area (TPSA) is 50.3 Å². The van der Waals surface area contributed by atoms with Crippen molar-refractivity contribution in [1.29, 1.82) is 0 Å². The van der Waals surface area contributed by atoms with Crippen LogP contribution in [0.3, 0.4) is 0 Å². The number of hydrogen-bond acceptors (Lipinski definition) is 2. The van der Waals surface area contributed by atoms with Crippen LogP contribution in [0.4, 0.5) is 0 Å². The van der Waals surface area contributed by atoms with E-state index in [1.807, 2.05) is 72.8 Å². The Morgan fingerprint density at radius 1 is 0.325 bits per heavy atom. The molecule has 8 aromatic rings. The fourth-order valence-electron chi connectivity index (χ4n) is 6.31. The normalized spacial score (nSPS) is 11.7. The minimum Gasteiger partial charge on any atom is -0.507 e. The number of phenols is 2. The molecule has 0 aliphatic carbocycles. The van der Waals surface area contributed by atoms with Crippen molar-refractivity contribution >= 4 is 43.6 Å². The molecule has 0 unspecified atom stereocenters. The number of rotatable bonds is 3. The lowest BCUT2D eigenvalue weighted by atomic mass is 9.98. The van der Waals surface area contributed by atoms with E-state index in [-0.39, 0.29) is 11.5 Å². The van der Waals surface area contributed by atoms with Gasteiger partial charge in [0.2, 0.25) is 0 Å². The van der Waals surface area contributed by atoms with E-state index < -0.39 is 0 Å². The average molecular weight is 517 g/mol. The van der Waals surface area contributed by atoms with Gasteiger partial charge in [-0.15, -0.1) is 0 Å². The Kier molecular flexibility index (Phi) is 4.79. The van der Waals surface area contributed by atoms with Gasteiger partial charge in [-0.25, -0.2) is 0 Å². The van der Waals surface area contributed by atoms with Gasteiger partial charge in [0, 0.05) is 21.5 Å². The first-order valence-electron chi connectivity index (χ1n) is 13.3. The van der Waals surface area contributed by atoms with Gasteiger partial charge in [0.1, 0.15) is 11.5 Å². The molecule has 0 saturated heterocycles. The largest absolute Gasteiger partial charge is 0.507 e. The molecule has 2 heterocycles. The minimum absolute atomic E-state index is 0.0999. The number of aromatic hydroxyl groups is 2. The summed E-state index contributed by atoms with van der Waals surface area (Å²) < 4.78 is 4.36. The van der Waals surface area contributed by atoms with Gasteiger partial charge >= 0.3 is 0 Å². The summed E-state index contributed by atoms with van der Waals surface area (Å²) in [4.78, 5) is 0. The van der Waals surface area contributed by atoms with Crippen molar-refractivity contribution in [3.05, 3.63) is 133 Å². The fourth-order valence-corrected chi connectivity index (χ4v) is 6.31. The number of fused-ring (bicyclic) bond motifs is 6. The first kappa shape index (κ1) is 22.5. The Morgan fingerprint density at radius 2 is 0.625 bits per heavy atom. The van der Waals surface area contributed by atoms with Crippen LogP contribution in [0.2, 0.25) is 0 Å². The standard InChI is InChI=1S/C36H24N2O2/c39-33-21-9-19-31(37-27-15-5-1-11-23(27)24-12-2-6-16-28(24)37)35(33)36-32(20-10-22-34(36)40)38-29-17-7-3-13-25(29)26-14-4-8-18-30(26)38/h1-22,39-40H.